The van der Waals surface area contributed by atoms with Crippen LogP contribution in [-0.2, 0) is 6.54 Å². The predicted octanol–water partition coefficient (Wildman–Crippen LogP) is 1.26. The number of hydrogen-bond acceptors (Lipinski definition) is 4. The minimum absolute atomic E-state index is 0.359. The van der Waals surface area contributed by atoms with Crippen LogP contribution in [0, 0.1) is 5.92 Å². The van der Waals surface area contributed by atoms with E-state index >= 15 is 0 Å². The van der Waals surface area contributed by atoms with Crippen LogP contribution in [0.2, 0.25) is 0 Å². The van der Waals surface area contributed by atoms with E-state index in [0.717, 1.165) is 26.1 Å². The lowest BCUT2D eigenvalue weighted by Crippen LogP contribution is -2.45. The molecular weight excluding hydrogens is 214 g/mol. The molecule has 17 heavy (non-hydrogen) atoms. The van der Waals surface area contributed by atoms with E-state index in [1.807, 2.05) is 12.1 Å². The molecule has 0 amide bonds. The first-order valence-corrected chi connectivity index (χ1v) is 6.16. The number of likely N-dealkylation sites (tertiary alicyclic amines) is 1. The lowest BCUT2D eigenvalue weighted by molar-refractivity contribution is 0.157. The molecule has 0 bridgehead atoms. The van der Waals surface area contributed by atoms with Crippen LogP contribution in [0.15, 0.2) is 18.3 Å². The minimum Gasteiger partial charge on any atom is -0.481 e. The van der Waals surface area contributed by atoms with Crippen molar-refractivity contribution in [2.75, 3.05) is 20.2 Å². The molecule has 1 saturated heterocycles. The number of nitrogens with two attached hydrogens (primary N) is 1. The molecule has 0 spiro atoms. The van der Waals surface area contributed by atoms with Gasteiger partial charge in [0.2, 0.25) is 5.88 Å². The fourth-order valence-electron chi connectivity index (χ4n) is 2.31. The molecule has 1 aliphatic heterocycles. The van der Waals surface area contributed by atoms with Crippen LogP contribution in [0.1, 0.15) is 18.9 Å². The second kappa shape index (κ2) is 5.47. The molecule has 4 nitrogen and oxygen atoms in total. The van der Waals surface area contributed by atoms with Crippen LogP contribution in [-0.4, -0.2) is 36.1 Å². The van der Waals surface area contributed by atoms with Crippen molar-refractivity contribution in [3.63, 3.8) is 0 Å². The van der Waals surface area contributed by atoms with Gasteiger partial charge in [-0.25, -0.2) is 4.98 Å². The maximum absolute atomic E-state index is 6.02. The van der Waals surface area contributed by atoms with Crippen LogP contribution >= 0.6 is 0 Å². The van der Waals surface area contributed by atoms with E-state index in [9.17, 15) is 0 Å². The average molecular weight is 235 g/mol. The zero-order valence-electron chi connectivity index (χ0n) is 10.6. The summed E-state index contributed by atoms with van der Waals surface area (Å²) in [6, 6.07) is 4.40. The van der Waals surface area contributed by atoms with Crippen LogP contribution < -0.4 is 10.5 Å². The van der Waals surface area contributed by atoms with Crippen molar-refractivity contribution in [3.8, 4) is 5.88 Å². The molecule has 2 rings (SSSR count). The zero-order valence-corrected chi connectivity index (χ0v) is 10.6. The van der Waals surface area contributed by atoms with E-state index in [-0.39, 0.29) is 0 Å². The van der Waals surface area contributed by atoms with E-state index in [1.165, 1.54) is 5.56 Å². The molecule has 1 aromatic heterocycles. The summed E-state index contributed by atoms with van der Waals surface area (Å²) in [5.74, 6) is 1.26. The van der Waals surface area contributed by atoms with Gasteiger partial charge in [0, 0.05) is 31.4 Å². The van der Waals surface area contributed by atoms with Crippen molar-refractivity contribution < 1.29 is 4.74 Å². The molecule has 1 fully saturated rings. The van der Waals surface area contributed by atoms with Crippen molar-refractivity contribution in [2.24, 2.45) is 11.7 Å². The molecule has 2 N–H and O–H groups in total. The molecule has 1 aromatic rings. The van der Waals surface area contributed by atoms with E-state index in [2.05, 4.69) is 16.8 Å². The first kappa shape index (κ1) is 12.3. The Hall–Kier alpha value is -1.13. The monoisotopic (exact) mass is 235 g/mol. The van der Waals surface area contributed by atoms with Crippen molar-refractivity contribution in [3.05, 3.63) is 23.9 Å². The summed E-state index contributed by atoms with van der Waals surface area (Å²) in [5.41, 5.74) is 7.27. The fourth-order valence-corrected chi connectivity index (χ4v) is 2.31. The summed E-state index contributed by atoms with van der Waals surface area (Å²) < 4.78 is 5.13. The molecule has 2 heterocycles. The Balaban J connectivity index is 1.96. The summed E-state index contributed by atoms with van der Waals surface area (Å²) in [7, 11) is 1.65. The lowest BCUT2D eigenvalue weighted by Gasteiger charge is -2.35. The maximum Gasteiger partial charge on any atom is 0.213 e. The number of nitrogens with zero attached hydrogens (tertiary/aromatic N) is 2. The van der Waals surface area contributed by atoms with Gasteiger partial charge in [-0.2, -0.15) is 0 Å². The number of methoxy groups -OCH3 is 1. The smallest absolute Gasteiger partial charge is 0.213 e. The summed E-state index contributed by atoms with van der Waals surface area (Å²) in [4.78, 5) is 6.56. The highest BCUT2D eigenvalue weighted by Crippen LogP contribution is 2.18. The third-order valence-electron chi connectivity index (χ3n) is 3.47. The van der Waals surface area contributed by atoms with E-state index in [4.69, 9.17) is 10.5 Å². The van der Waals surface area contributed by atoms with Gasteiger partial charge in [0.05, 0.1) is 7.11 Å². The quantitative estimate of drug-likeness (QED) is 0.857. The molecule has 4 heteroatoms. The SMILES string of the molecule is COc1cc(CN2CCC(N)C(C)C2)ccn1. The van der Waals surface area contributed by atoms with Crippen molar-refractivity contribution >= 4 is 0 Å². The number of pyridine rings is 1. The highest BCUT2D eigenvalue weighted by atomic mass is 16.5. The van der Waals surface area contributed by atoms with Crippen LogP contribution in [0.25, 0.3) is 0 Å². The Morgan fingerprint density at radius 1 is 1.59 bits per heavy atom. The predicted molar refractivity (Wildman–Crippen MR) is 67.8 cm³/mol. The summed E-state index contributed by atoms with van der Waals surface area (Å²) in [6.45, 7) is 5.34. The first-order chi connectivity index (χ1) is 8.19. The van der Waals surface area contributed by atoms with Gasteiger partial charge in [-0.15, -0.1) is 0 Å². The fraction of sp³-hybridized carbons (Fsp3) is 0.615. The molecule has 2 unspecified atom stereocenters. The van der Waals surface area contributed by atoms with Crippen LogP contribution in [0.5, 0.6) is 5.88 Å². The second-order valence-electron chi connectivity index (χ2n) is 4.87. The summed E-state index contributed by atoms with van der Waals surface area (Å²) in [6.07, 6.45) is 2.89. The van der Waals surface area contributed by atoms with Gasteiger partial charge in [0.25, 0.3) is 0 Å². The van der Waals surface area contributed by atoms with Crippen molar-refractivity contribution in [1.82, 2.24) is 9.88 Å². The van der Waals surface area contributed by atoms with Crippen LogP contribution in [0.4, 0.5) is 0 Å². The topological polar surface area (TPSA) is 51.4 Å². The first-order valence-electron chi connectivity index (χ1n) is 6.16. The number of hydrogen-bond donors (Lipinski definition) is 1. The molecule has 0 saturated carbocycles. The van der Waals surface area contributed by atoms with Gasteiger partial charge in [-0.3, -0.25) is 4.90 Å². The Bertz CT molecular complexity index is 369. The van der Waals surface area contributed by atoms with Gasteiger partial charge < -0.3 is 10.5 Å². The molecule has 0 radical (unpaired) electrons. The highest BCUT2D eigenvalue weighted by molar-refractivity contribution is 5.20. The van der Waals surface area contributed by atoms with Crippen molar-refractivity contribution in [1.29, 1.82) is 0 Å². The summed E-state index contributed by atoms with van der Waals surface area (Å²) >= 11 is 0. The molecule has 0 aliphatic carbocycles. The van der Waals surface area contributed by atoms with Gasteiger partial charge in [-0.05, 0) is 30.5 Å². The second-order valence-corrected chi connectivity index (χ2v) is 4.87. The average Bonchev–Trinajstić information content (AvgIpc) is 2.34. The molecule has 0 aromatic carbocycles. The number of piperidine rings is 1. The Morgan fingerprint density at radius 2 is 2.41 bits per heavy atom. The van der Waals surface area contributed by atoms with E-state index in [1.54, 1.807) is 13.3 Å². The Morgan fingerprint density at radius 3 is 3.12 bits per heavy atom. The third-order valence-corrected chi connectivity index (χ3v) is 3.47. The van der Waals surface area contributed by atoms with Gasteiger partial charge in [0.15, 0.2) is 0 Å². The van der Waals surface area contributed by atoms with Crippen LogP contribution in [0.3, 0.4) is 0 Å². The van der Waals surface area contributed by atoms with Gasteiger partial charge in [0.1, 0.15) is 0 Å². The van der Waals surface area contributed by atoms with Gasteiger partial charge >= 0.3 is 0 Å². The third kappa shape index (κ3) is 3.17. The molecule has 2 atom stereocenters. The Labute approximate surface area is 103 Å². The van der Waals surface area contributed by atoms with Crippen molar-refractivity contribution in [2.45, 2.75) is 25.9 Å². The minimum atomic E-state index is 0.359. The highest BCUT2D eigenvalue weighted by Gasteiger charge is 2.22. The van der Waals surface area contributed by atoms with E-state index < -0.39 is 0 Å². The van der Waals surface area contributed by atoms with Gasteiger partial charge in [-0.1, -0.05) is 6.92 Å². The summed E-state index contributed by atoms with van der Waals surface area (Å²) in [5, 5.41) is 0. The lowest BCUT2D eigenvalue weighted by atomic mass is 9.94. The molecular formula is C13H21N3O. The normalized spacial score (nSPS) is 25.8. The Kier molecular flexibility index (Phi) is 3.97. The number of rotatable bonds is 3. The molecule has 1 aliphatic rings. The largest absolute Gasteiger partial charge is 0.481 e. The molecule has 94 valence electrons. The zero-order chi connectivity index (χ0) is 12.3. The number of ether oxygens (including phenoxy) is 1. The standard InChI is InChI=1S/C13H21N3O/c1-10-8-16(6-4-12(10)14)9-11-3-5-15-13(7-11)17-2/h3,5,7,10,12H,4,6,8-9,14H2,1-2H3. The number of aromatic nitrogens is 1. The van der Waals surface area contributed by atoms with E-state index in [0.29, 0.717) is 17.8 Å². The maximum atomic E-state index is 6.02.